The summed E-state index contributed by atoms with van der Waals surface area (Å²) in [5.41, 5.74) is 5.97. The number of guanidine groups is 1. The molecule has 0 aliphatic carbocycles. The van der Waals surface area contributed by atoms with Crippen molar-refractivity contribution >= 4 is 11.9 Å². The lowest BCUT2D eigenvalue weighted by molar-refractivity contribution is -0.123. The third kappa shape index (κ3) is 3.60. The van der Waals surface area contributed by atoms with Gasteiger partial charge in [0.25, 0.3) is 0 Å². The molecule has 2 unspecified atom stereocenters. The van der Waals surface area contributed by atoms with E-state index >= 15 is 0 Å². The van der Waals surface area contributed by atoms with E-state index < -0.39 is 0 Å². The minimum Gasteiger partial charge on any atom is -0.375 e. The fourth-order valence-corrected chi connectivity index (χ4v) is 2.35. The van der Waals surface area contributed by atoms with Crippen molar-refractivity contribution < 1.29 is 9.53 Å². The van der Waals surface area contributed by atoms with Gasteiger partial charge in [-0.15, -0.1) is 0 Å². The molecular weight excluding hydrogens is 232 g/mol. The minimum atomic E-state index is 0.125. The van der Waals surface area contributed by atoms with Gasteiger partial charge in [-0.05, 0) is 19.8 Å². The van der Waals surface area contributed by atoms with Crippen molar-refractivity contribution in [3.63, 3.8) is 0 Å². The maximum Gasteiger partial charge on any atom is 0.220 e. The molecule has 0 aromatic heterocycles. The van der Waals surface area contributed by atoms with Crippen molar-refractivity contribution in [2.45, 2.75) is 38.3 Å². The van der Waals surface area contributed by atoms with Crippen LogP contribution in [-0.2, 0) is 9.53 Å². The van der Waals surface area contributed by atoms with E-state index in [1.54, 1.807) is 0 Å². The van der Waals surface area contributed by atoms with Gasteiger partial charge >= 0.3 is 0 Å². The van der Waals surface area contributed by atoms with Gasteiger partial charge in [-0.3, -0.25) is 9.79 Å². The molecule has 2 saturated heterocycles. The van der Waals surface area contributed by atoms with Crippen LogP contribution >= 0.6 is 0 Å². The first kappa shape index (κ1) is 13.1. The highest BCUT2D eigenvalue weighted by Gasteiger charge is 2.20. The number of hydrogen-bond acceptors (Lipinski definition) is 3. The molecular formula is C12H22N4O2. The predicted octanol–water partition coefficient (Wildman–Crippen LogP) is -0.309. The molecule has 6 nitrogen and oxygen atoms in total. The first-order valence-corrected chi connectivity index (χ1v) is 6.61. The Morgan fingerprint density at radius 2 is 2.50 bits per heavy atom. The number of aliphatic imine (C=N–C) groups is 1. The van der Waals surface area contributed by atoms with E-state index in [0.717, 1.165) is 25.9 Å². The van der Waals surface area contributed by atoms with Gasteiger partial charge in [-0.2, -0.15) is 0 Å². The SMILES string of the molecule is CC1CN(C(N)=NCC2CCCC(=O)N2)CCO1. The quantitative estimate of drug-likeness (QED) is 0.523. The maximum atomic E-state index is 11.2. The Bertz CT molecular complexity index is 332. The Hall–Kier alpha value is -1.30. The van der Waals surface area contributed by atoms with Crippen molar-refractivity contribution in [2.75, 3.05) is 26.2 Å². The van der Waals surface area contributed by atoms with Crippen LogP contribution in [0.3, 0.4) is 0 Å². The molecule has 3 N–H and O–H groups in total. The first-order chi connectivity index (χ1) is 8.65. The fourth-order valence-electron chi connectivity index (χ4n) is 2.35. The van der Waals surface area contributed by atoms with Crippen molar-refractivity contribution in [1.29, 1.82) is 0 Å². The summed E-state index contributed by atoms with van der Waals surface area (Å²) >= 11 is 0. The number of carbonyl (C=O) groups excluding carboxylic acids is 1. The minimum absolute atomic E-state index is 0.125. The molecule has 0 radical (unpaired) electrons. The topological polar surface area (TPSA) is 80.0 Å². The number of ether oxygens (including phenoxy) is 1. The van der Waals surface area contributed by atoms with Crippen LogP contribution < -0.4 is 11.1 Å². The Morgan fingerprint density at radius 3 is 3.22 bits per heavy atom. The molecule has 2 atom stereocenters. The molecule has 18 heavy (non-hydrogen) atoms. The van der Waals surface area contributed by atoms with Gasteiger partial charge in [0.2, 0.25) is 5.91 Å². The monoisotopic (exact) mass is 254 g/mol. The van der Waals surface area contributed by atoms with Crippen LogP contribution in [0, 0.1) is 0 Å². The standard InChI is InChI=1S/C12H22N4O2/c1-9-8-16(5-6-18-9)12(13)14-7-10-3-2-4-11(17)15-10/h9-10H,2-8H2,1H3,(H2,13,14)(H,15,17). The molecule has 2 aliphatic rings. The zero-order chi connectivity index (χ0) is 13.0. The van der Waals surface area contributed by atoms with E-state index in [9.17, 15) is 4.79 Å². The van der Waals surface area contributed by atoms with Crippen molar-refractivity contribution in [1.82, 2.24) is 10.2 Å². The average Bonchev–Trinajstić information content (AvgIpc) is 2.36. The summed E-state index contributed by atoms with van der Waals surface area (Å²) in [6.45, 7) is 4.87. The number of hydrogen-bond donors (Lipinski definition) is 2. The number of rotatable bonds is 2. The molecule has 102 valence electrons. The summed E-state index contributed by atoms with van der Waals surface area (Å²) in [5.74, 6) is 0.685. The van der Waals surface area contributed by atoms with E-state index in [0.29, 0.717) is 25.5 Å². The summed E-state index contributed by atoms with van der Waals surface area (Å²) in [6.07, 6.45) is 2.76. The number of carbonyl (C=O) groups is 1. The third-order valence-corrected chi connectivity index (χ3v) is 3.36. The summed E-state index contributed by atoms with van der Waals surface area (Å²) in [5, 5.41) is 2.94. The number of piperidine rings is 1. The number of nitrogens with two attached hydrogens (primary N) is 1. The zero-order valence-electron chi connectivity index (χ0n) is 10.9. The van der Waals surface area contributed by atoms with Gasteiger partial charge in [0.05, 0.1) is 19.3 Å². The lowest BCUT2D eigenvalue weighted by Crippen LogP contribution is -2.48. The van der Waals surface area contributed by atoms with Gasteiger partial charge in [0.1, 0.15) is 0 Å². The highest BCUT2D eigenvalue weighted by atomic mass is 16.5. The summed E-state index contributed by atoms with van der Waals surface area (Å²) in [4.78, 5) is 17.7. The van der Waals surface area contributed by atoms with Crippen molar-refractivity contribution in [2.24, 2.45) is 10.7 Å². The lowest BCUT2D eigenvalue weighted by atomic mass is 10.0. The fraction of sp³-hybridized carbons (Fsp3) is 0.833. The smallest absolute Gasteiger partial charge is 0.220 e. The van der Waals surface area contributed by atoms with Crippen LogP contribution in [0.2, 0.25) is 0 Å². The van der Waals surface area contributed by atoms with E-state index in [4.69, 9.17) is 10.5 Å². The molecule has 2 rings (SSSR count). The first-order valence-electron chi connectivity index (χ1n) is 6.61. The Kier molecular flexibility index (Phi) is 4.41. The van der Waals surface area contributed by atoms with E-state index in [1.807, 2.05) is 11.8 Å². The average molecular weight is 254 g/mol. The van der Waals surface area contributed by atoms with Crippen LogP contribution in [0.5, 0.6) is 0 Å². The second kappa shape index (κ2) is 6.04. The van der Waals surface area contributed by atoms with Gasteiger partial charge < -0.3 is 20.7 Å². The molecule has 0 spiro atoms. The van der Waals surface area contributed by atoms with Crippen molar-refractivity contribution in [3.05, 3.63) is 0 Å². The van der Waals surface area contributed by atoms with Gasteiger partial charge in [-0.1, -0.05) is 0 Å². The molecule has 2 heterocycles. The third-order valence-electron chi connectivity index (χ3n) is 3.36. The Balaban J connectivity index is 1.82. The number of nitrogens with one attached hydrogen (secondary N) is 1. The molecule has 0 aromatic carbocycles. The summed E-state index contributed by atoms with van der Waals surface area (Å²) < 4.78 is 5.46. The molecule has 6 heteroatoms. The zero-order valence-corrected chi connectivity index (χ0v) is 10.9. The molecule has 2 fully saturated rings. The second-order valence-corrected chi connectivity index (χ2v) is 4.98. The lowest BCUT2D eigenvalue weighted by Gasteiger charge is -2.32. The van der Waals surface area contributed by atoms with Crippen LogP contribution in [-0.4, -0.2) is 55.2 Å². The highest BCUT2D eigenvalue weighted by Crippen LogP contribution is 2.09. The molecule has 0 saturated carbocycles. The van der Waals surface area contributed by atoms with Gasteiger partial charge in [0, 0.05) is 25.6 Å². The van der Waals surface area contributed by atoms with Crippen LogP contribution in [0.4, 0.5) is 0 Å². The Labute approximate surface area is 108 Å². The van der Waals surface area contributed by atoms with Crippen molar-refractivity contribution in [3.8, 4) is 0 Å². The van der Waals surface area contributed by atoms with Crippen LogP contribution in [0.1, 0.15) is 26.2 Å². The Morgan fingerprint density at radius 1 is 1.67 bits per heavy atom. The maximum absolute atomic E-state index is 11.2. The van der Waals surface area contributed by atoms with E-state index in [2.05, 4.69) is 10.3 Å². The largest absolute Gasteiger partial charge is 0.375 e. The molecule has 0 bridgehead atoms. The number of amides is 1. The van der Waals surface area contributed by atoms with E-state index in [1.165, 1.54) is 0 Å². The van der Waals surface area contributed by atoms with E-state index in [-0.39, 0.29) is 18.1 Å². The van der Waals surface area contributed by atoms with Gasteiger partial charge in [-0.25, -0.2) is 0 Å². The number of morpholine rings is 1. The predicted molar refractivity (Wildman–Crippen MR) is 69.3 cm³/mol. The normalized spacial score (nSPS) is 30.2. The van der Waals surface area contributed by atoms with Crippen LogP contribution in [0.15, 0.2) is 4.99 Å². The summed E-state index contributed by atoms with van der Waals surface area (Å²) in [7, 11) is 0. The highest BCUT2D eigenvalue weighted by molar-refractivity contribution is 5.79. The molecule has 0 aromatic rings. The molecule has 1 amide bonds. The molecule has 2 aliphatic heterocycles. The van der Waals surface area contributed by atoms with Gasteiger partial charge in [0.15, 0.2) is 5.96 Å². The number of nitrogens with zero attached hydrogens (tertiary/aromatic N) is 2. The summed E-state index contributed by atoms with van der Waals surface area (Å²) in [6, 6.07) is 0.142. The second-order valence-electron chi connectivity index (χ2n) is 4.98. The van der Waals surface area contributed by atoms with Crippen LogP contribution in [0.25, 0.3) is 0 Å².